The number of carbonyl (C=O) groups excluding carboxylic acids is 1. The third-order valence-corrected chi connectivity index (χ3v) is 5.41. The molecule has 0 spiro atoms. The van der Waals surface area contributed by atoms with Crippen molar-refractivity contribution < 1.29 is 4.79 Å². The Bertz CT molecular complexity index is 937. The minimum absolute atomic E-state index is 0.0761. The second-order valence-electron chi connectivity index (χ2n) is 6.47. The second-order valence-corrected chi connectivity index (χ2v) is 7.89. The maximum atomic E-state index is 12.9. The number of fused-ring (bicyclic) bond motifs is 1. The van der Waals surface area contributed by atoms with Crippen LogP contribution in [0.2, 0.25) is 5.02 Å². The number of anilines is 1. The quantitative estimate of drug-likeness (QED) is 0.527. The lowest BCUT2D eigenvalue weighted by Crippen LogP contribution is -2.32. The first kappa shape index (κ1) is 19.5. The number of aromatic nitrogens is 1. The molecule has 0 saturated carbocycles. The average Bonchev–Trinajstić information content (AvgIpc) is 3.09. The van der Waals surface area contributed by atoms with Crippen molar-refractivity contribution in [2.75, 3.05) is 32.1 Å². The molecule has 2 aromatic carbocycles. The Morgan fingerprint density at radius 2 is 1.89 bits per heavy atom. The van der Waals surface area contributed by atoms with Crippen molar-refractivity contribution in [2.45, 2.75) is 6.42 Å². The first-order chi connectivity index (χ1) is 13.0. The van der Waals surface area contributed by atoms with Gasteiger partial charge < -0.3 is 4.90 Å². The molecule has 1 aromatic heterocycles. The smallest absolute Gasteiger partial charge is 0.252 e. The zero-order valence-corrected chi connectivity index (χ0v) is 17.0. The Morgan fingerprint density at radius 3 is 2.59 bits per heavy atom. The standard InChI is InChI=1S/C21H22ClN3OS/c1-24(2)14-7-15-25(19(26)13-12-16-8-4-3-5-9-16)21-23-20-17(22)10-6-11-18(20)27-21/h3-6,8-13H,7,14-15H2,1-2H3/b13-12+. The summed E-state index contributed by atoms with van der Waals surface area (Å²) in [5.41, 5.74) is 1.74. The van der Waals surface area contributed by atoms with E-state index in [-0.39, 0.29) is 5.91 Å². The fourth-order valence-electron chi connectivity index (χ4n) is 2.69. The molecule has 0 radical (unpaired) electrons. The molecule has 0 aliphatic carbocycles. The predicted octanol–water partition coefficient (Wildman–Crippen LogP) is 4.95. The highest BCUT2D eigenvalue weighted by Gasteiger charge is 2.18. The van der Waals surface area contributed by atoms with Crippen LogP contribution in [-0.4, -0.2) is 43.0 Å². The largest absolute Gasteiger partial charge is 0.309 e. The number of rotatable bonds is 7. The normalized spacial score (nSPS) is 11.6. The summed E-state index contributed by atoms with van der Waals surface area (Å²) in [6, 6.07) is 15.5. The van der Waals surface area contributed by atoms with Gasteiger partial charge in [0.1, 0.15) is 5.52 Å². The zero-order chi connectivity index (χ0) is 19.2. The lowest BCUT2D eigenvalue weighted by atomic mass is 10.2. The molecule has 4 nitrogen and oxygen atoms in total. The van der Waals surface area contributed by atoms with Gasteiger partial charge in [-0.3, -0.25) is 9.69 Å². The fourth-order valence-corrected chi connectivity index (χ4v) is 3.98. The van der Waals surface area contributed by atoms with Crippen molar-refractivity contribution >= 4 is 50.3 Å². The van der Waals surface area contributed by atoms with Crippen LogP contribution in [0.25, 0.3) is 16.3 Å². The topological polar surface area (TPSA) is 36.4 Å². The SMILES string of the molecule is CN(C)CCCN(C(=O)/C=C/c1ccccc1)c1nc2c(Cl)cccc2s1. The van der Waals surface area contributed by atoms with Crippen LogP contribution in [0.15, 0.2) is 54.6 Å². The summed E-state index contributed by atoms with van der Waals surface area (Å²) in [6.07, 6.45) is 4.31. The molecule has 3 rings (SSSR count). The van der Waals surface area contributed by atoms with E-state index in [2.05, 4.69) is 9.88 Å². The van der Waals surface area contributed by atoms with Crippen LogP contribution in [0.3, 0.4) is 0 Å². The number of carbonyl (C=O) groups is 1. The summed E-state index contributed by atoms with van der Waals surface area (Å²) in [5.74, 6) is -0.0761. The Kier molecular flexibility index (Phi) is 6.61. The summed E-state index contributed by atoms with van der Waals surface area (Å²) in [7, 11) is 4.05. The van der Waals surface area contributed by atoms with Crippen LogP contribution in [-0.2, 0) is 4.79 Å². The summed E-state index contributed by atoms with van der Waals surface area (Å²) < 4.78 is 0.981. The van der Waals surface area contributed by atoms with Gasteiger partial charge in [0.2, 0.25) is 0 Å². The van der Waals surface area contributed by atoms with Gasteiger partial charge in [-0.2, -0.15) is 0 Å². The molecule has 0 atom stereocenters. The van der Waals surface area contributed by atoms with E-state index in [1.807, 2.05) is 68.7 Å². The summed E-state index contributed by atoms with van der Waals surface area (Å²) in [6.45, 7) is 1.51. The first-order valence-electron chi connectivity index (χ1n) is 8.79. The molecule has 27 heavy (non-hydrogen) atoms. The fraction of sp³-hybridized carbons (Fsp3) is 0.238. The number of amides is 1. The highest BCUT2D eigenvalue weighted by molar-refractivity contribution is 7.22. The van der Waals surface area contributed by atoms with Crippen LogP contribution < -0.4 is 4.90 Å². The number of para-hydroxylation sites is 1. The van der Waals surface area contributed by atoms with Crippen LogP contribution >= 0.6 is 22.9 Å². The highest BCUT2D eigenvalue weighted by Crippen LogP contribution is 2.33. The van der Waals surface area contributed by atoms with Crippen molar-refractivity contribution in [1.29, 1.82) is 0 Å². The summed E-state index contributed by atoms with van der Waals surface area (Å²) in [5, 5.41) is 1.29. The van der Waals surface area contributed by atoms with E-state index < -0.39 is 0 Å². The van der Waals surface area contributed by atoms with Crippen molar-refractivity contribution in [3.63, 3.8) is 0 Å². The van der Waals surface area contributed by atoms with Gasteiger partial charge in [-0.1, -0.05) is 59.3 Å². The predicted molar refractivity (Wildman–Crippen MR) is 116 cm³/mol. The minimum Gasteiger partial charge on any atom is -0.309 e. The lowest BCUT2D eigenvalue weighted by molar-refractivity contribution is -0.114. The molecule has 0 fully saturated rings. The molecule has 140 valence electrons. The number of hydrogen-bond donors (Lipinski definition) is 0. The summed E-state index contributed by atoms with van der Waals surface area (Å²) in [4.78, 5) is 21.4. The molecule has 0 unspecified atom stereocenters. The Balaban J connectivity index is 1.86. The molecule has 1 amide bonds. The number of benzene rings is 2. The van der Waals surface area contributed by atoms with Crippen LogP contribution in [0.4, 0.5) is 5.13 Å². The van der Waals surface area contributed by atoms with E-state index in [1.165, 1.54) is 11.3 Å². The lowest BCUT2D eigenvalue weighted by Gasteiger charge is -2.19. The maximum Gasteiger partial charge on any atom is 0.252 e. The molecule has 0 saturated heterocycles. The maximum absolute atomic E-state index is 12.9. The van der Waals surface area contributed by atoms with Crippen LogP contribution in [0.5, 0.6) is 0 Å². The molecule has 0 bridgehead atoms. The number of halogens is 1. The van der Waals surface area contributed by atoms with Gasteiger partial charge in [-0.25, -0.2) is 4.98 Å². The van der Waals surface area contributed by atoms with Gasteiger partial charge in [0.25, 0.3) is 5.91 Å². The molecule has 6 heteroatoms. The van der Waals surface area contributed by atoms with E-state index in [1.54, 1.807) is 11.0 Å². The van der Waals surface area contributed by atoms with Crippen molar-refractivity contribution in [2.24, 2.45) is 0 Å². The molecular formula is C21H22ClN3OS. The minimum atomic E-state index is -0.0761. The van der Waals surface area contributed by atoms with E-state index in [0.29, 0.717) is 16.7 Å². The van der Waals surface area contributed by atoms with Crippen molar-refractivity contribution in [3.8, 4) is 0 Å². The average molecular weight is 400 g/mol. The van der Waals surface area contributed by atoms with Gasteiger partial charge >= 0.3 is 0 Å². The Morgan fingerprint density at radius 1 is 1.11 bits per heavy atom. The van der Waals surface area contributed by atoms with Gasteiger partial charge in [-0.15, -0.1) is 0 Å². The number of hydrogen-bond acceptors (Lipinski definition) is 4. The third-order valence-electron chi connectivity index (χ3n) is 4.06. The van der Waals surface area contributed by atoms with Crippen molar-refractivity contribution in [3.05, 3.63) is 65.2 Å². The second kappa shape index (κ2) is 9.13. The van der Waals surface area contributed by atoms with Gasteiger partial charge in [0.15, 0.2) is 5.13 Å². The van der Waals surface area contributed by atoms with Gasteiger partial charge in [0.05, 0.1) is 9.72 Å². The van der Waals surface area contributed by atoms with Crippen LogP contribution in [0, 0.1) is 0 Å². The highest BCUT2D eigenvalue weighted by atomic mass is 35.5. The van der Waals surface area contributed by atoms with E-state index in [4.69, 9.17) is 11.6 Å². The molecule has 3 aromatic rings. The number of thiazole rings is 1. The molecular weight excluding hydrogens is 378 g/mol. The first-order valence-corrected chi connectivity index (χ1v) is 9.98. The Labute approximate surface area is 168 Å². The monoisotopic (exact) mass is 399 g/mol. The summed E-state index contributed by atoms with van der Waals surface area (Å²) >= 11 is 7.75. The van der Waals surface area contributed by atoms with E-state index in [9.17, 15) is 4.79 Å². The zero-order valence-electron chi connectivity index (χ0n) is 15.4. The van der Waals surface area contributed by atoms with Gasteiger partial charge in [0, 0.05) is 12.6 Å². The van der Waals surface area contributed by atoms with Crippen molar-refractivity contribution in [1.82, 2.24) is 9.88 Å². The molecule has 0 aliphatic heterocycles. The Hall–Kier alpha value is -2.21. The number of nitrogens with zero attached hydrogens (tertiary/aromatic N) is 3. The van der Waals surface area contributed by atoms with Crippen LogP contribution in [0.1, 0.15) is 12.0 Å². The van der Waals surface area contributed by atoms with Gasteiger partial charge in [-0.05, 0) is 50.8 Å². The molecule has 1 heterocycles. The molecule has 0 N–H and O–H groups in total. The van der Waals surface area contributed by atoms with E-state index in [0.717, 1.165) is 28.7 Å². The van der Waals surface area contributed by atoms with E-state index >= 15 is 0 Å². The third kappa shape index (κ3) is 5.16. The molecule has 0 aliphatic rings.